The Labute approximate surface area is 95.3 Å². The first kappa shape index (κ1) is 12.6. The molecule has 86 valence electrons. The van der Waals surface area contributed by atoms with E-state index in [0.717, 1.165) is 6.07 Å². The van der Waals surface area contributed by atoms with Crippen LogP contribution in [0.25, 0.3) is 0 Å². The maximum absolute atomic E-state index is 12.4. The van der Waals surface area contributed by atoms with Gasteiger partial charge >= 0.3 is 6.18 Å². The van der Waals surface area contributed by atoms with Crippen molar-refractivity contribution in [2.45, 2.75) is 6.18 Å². The van der Waals surface area contributed by atoms with Crippen LogP contribution >= 0.6 is 15.9 Å². The van der Waals surface area contributed by atoms with Crippen LogP contribution < -0.4 is 0 Å². The van der Waals surface area contributed by atoms with Crippen LogP contribution in [0.2, 0.25) is 0 Å². The number of nitro benzene ring substituents is 1. The number of carbonyl (C=O) groups is 1. The van der Waals surface area contributed by atoms with Gasteiger partial charge in [-0.2, -0.15) is 13.2 Å². The van der Waals surface area contributed by atoms with Crippen LogP contribution in [0.4, 0.5) is 18.9 Å². The van der Waals surface area contributed by atoms with Crippen molar-refractivity contribution in [3.05, 3.63) is 37.8 Å². The number of carbonyl (C=O) groups excluding carboxylic acids is 1. The van der Waals surface area contributed by atoms with Crippen LogP contribution in [0.15, 0.2) is 16.6 Å². The zero-order valence-electron chi connectivity index (χ0n) is 7.42. The summed E-state index contributed by atoms with van der Waals surface area (Å²) in [5.41, 5.74) is -3.19. The molecule has 0 bridgehead atoms. The molecule has 0 aliphatic rings. The number of hydrogen-bond donors (Lipinski definition) is 0. The maximum atomic E-state index is 12.4. The molecule has 0 amide bonds. The first-order chi connectivity index (χ1) is 7.29. The molecule has 0 heterocycles. The Kier molecular flexibility index (Phi) is 3.32. The van der Waals surface area contributed by atoms with Crippen molar-refractivity contribution in [2.75, 3.05) is 0 Å². The number of nitro groups is 1. The molecule has 0 spiro atoms. The lowest BCUT2D eigenvalue weighted by Gasteiger charge is -2.09. The van der Waals surface area contributed by atoms with Gasteiger partial charge < -0.3 is 0 Å². The number of nitrogens with zero attached hydrogens (tertiary/aromatic N) is 1. The number of halogens is 4. The van der Waals surface area contributed by atoms with Crippen molar-refractivity contribution < 1.29 is 22.9 Å². The first-order valence-electron chi connectivity index (χ1n) is 3.78. The highest BCUT2D eigenvalue weighted by Crippen LogP contribution is 2.38. The summed E-state index contributed by atoms with van der Waals surface area (Å²) >= 11 is 2.72. The lowest BCUT2D eigenvalue weighted by atomic mass is 10.1. The molecule has 1 aromatic carbocycles. The van der Waals surface area contributed by atoms with Gasteiger partial charge in [-0.15, -0.1) is 0 Å². The quantitative estimate of drug-likeness (QED) is 0.478. The SMILES string of the molecule is O=Cc1c(C(F)(F)F)ccc(Br)c1[N+](=O)[O-]. The van der Waals surface area contributed by atoms with Gasteiger partial charge in [0.1, 0.15) is 5.56 Å². The minimum absolute atomic E-state index is 0.174. The van der Waals surface area contributed by atoms with Crippen LogP contribution in [0, 0.1) is 10.1 Å². The summed E-state index contributed by atoms with van der Waals surface area (Å²) in [4.78, 5) is 20.0. The predicted molar refractivity (Wildman–Crippen MR) is 51.2 cm³/mol. The van der Waals surface area contributed by atoms with E-state index in [-0.39, 0.29) is 10.8 Å². The summed E-state index contributed by atoms with van der Waals surface area (Å²) in [5.74, 6) is 0. The standard InChI is InChI=1S/C8H3BrF3NO3/c9-6-2-1-5(8(10,11)12)4(3-14)7(6)13(15)16/h1-3H. The van der Waals surface area contributed by atoms with Gasteiger partial charge in [0.2, 0.25) is 0 Å². The molecule has 0 saturated carbocycles. The van der Waals surface area contributed by atoms with E-state index in [1.165, 1.54) is 0 Å². The second-order valence-electron chi connectivity index (χ2n) is 2.73. The zero-order chi connectivity index (χ0) is 12.5. The third kappa shape index (κ3) is 2.21. The lowest BCUT2D eigenvalue weighted by molar-refractivity contribution is -0.386. The van der Waals surface area contributed by atoms with E-state index in [9.17, 15) is 28.1 Å². The molecule has 8 heteroatoms. The zero-order valence-corrected chi connectivity index (χ0v) is 9.00. The fourth-order valence-electron chi connectivity index (χ4n) is 1.13. The average molecular weight is 298 g/mol. The second-order valence-corrected chi connectivity index (χ2v) is 3.58. The Morgan fingerprint density at radius 3 is 2.31 bits per heavy atom. The highest BCUT2D eigenvalue weighted by molar-refractivity contribution is 9.10. The van der Waals surface area contributed by atoms with Crippen molar-refractivity contribution >= 4 is 27.9 Å². The Morgan fingerprint density at radius 2 is 1.94 bits per heavy atom. The summed E-state index contributed by atoms with van der Waals surface area (Å²) in [6, 6.07) is 1.49. The highest BCUT2D eigenvalue weighted by atomic mass is 79.9. The molecule has 4 nitrogen and oxygen atoms in total. The Morgan fingerprint density at radius 1 is 1.38 bits per heavy atom. The topological polar surface area (TPSA) is 60.2 Å². The average Bonchev–Trinajstić information content (AvgIpc) is 2.14. The normalized spacial score (nSPS) is 11.2. The first-order valence-corrected chi connectivity index (χ1v) is 4.57. The molecule has 0 saturated heterocycles. The van der Waals surface area contributed by atoms with Crippen LogP contribution in [0.1, 0.15) is 15.9 Å². The van der Waals surface area contributed by atoms with Crippen molar-refractivity contribution in [3.8, 4) is 0 Å². The lowest BCUT2D eigenvalue weighted by Crippen LogP contribution is -2.11. The molecule has 0 aliphatic carbocycles. The Hall–Kier alpha value is -1.44. The number of aldehydes is 1. The Balaban J connectivity index is 3.62. The molecule has 16 heavy (non-hydrogen) atoms. The van der Waals surface area contributed by atoms with Crippen LogP contribution in [0.3, 0.4) is 0 Å². The van der Waals surface area contributed by atoms with Gasteiger partial charge in [0.15, 0.2) is 6.29 Å². The Bertz CT molecular complexity index is 459. The van der Waals surface area contributed by atoms with Gasteiger partial charge in [-0.1, -0.05) is 0 Å². The summed E-state index contributed by atoms with van der Waals surface area (Å²) in [7, 11) is 0. The van der Waals surface area contributed by atoms with E-state index in [2.05, 4.69) is 15.9 Å². The number of rotatable bonds is 2. The highest BCUT2D eigenvalue weighted by Gasteiger charge is 2.37. The maximum Gasteiger partial charge on any atom is 0.417 e. The minimum atomic E-state index is -4.80. The van der Waals surface area contributed by atoms with E-state index >= 15 is 0 Å². The summed E-state index contributed by atoms with van der Waals surface area (Å²) < 4.78 is 37.1. The van der Waals surface area contributed by atoms with Crippen molar-refractivity contribution in [2.24, 2.45) is 0 Å². The molecular weight excluding hydrogens is 295 g/mol. The summed E-state index contributed by atoms with van der Waals surface area (Å²) in [6.07, 6.45) is -4.98. The van der Waals surface area contributed by atoms with E-state index in [1.807, 2.05) is 0 Å². The third-order valence-corrected chi connectivity index (χ3v) is 2.41. The van der Waals surface area contributed by atoms with Gasteiger partial charge in [-0.3, -0.25) is 14.9 Å². The van der Waals surface area contributed by atoms with E-state index < -0.39 is 27.9 Å². The molecule has 0 N–H and O–H groups in total. The largest absolute Gasteiger partial charge is 0.417 e. The molecule has 0 atom stereocenters. The molecule has 0 aromatic heterocycles. The van der Waals surface area contributed by atoms with E-state index in [0.29, 0.717) is 6.07 Å². The molecule has 0 aliphatic heterocycles. The van der Waals surface area contributed by atoms with Gasteiger partial charge in [0, 0.05) is 0 Å². The minimum Gasteiger partial charge on any atom is -0.298 e. The number of hydrogen-bond acceptors (Lipinski definition) is 3. The monoisotopic (exact) mass is 297 g/mol. The molecule has 1 aromatic rings. The number of benzene rings is 1. The van der Waals surface area contributed by atoms with Crippen molar-refractivity contribution in [3.63, 3.8) is 0 Å². The third-order valence-electron chi connectivity index (χ3n) is 1.77. The summed E-state index contributed by atoms with van der Waals surface area (Å²) in [6.45, 7) is 0. The van der Waals surface area contributed by atoms with Gasteiger partial charge in [-0.05, 0) is 28.1 Å². The van der Waals surface area contributed by atoms with Crippen LogP contribution in [-0.2, 0) is 6.18 Å². The fourth-order valence-corrected chi connectivity index (χ4v) is 1.62. The van der Waals surface area contributed by atoms with Crippen molar-refractivity contribution in [1.82, 2.24) is 0 Å². The predicted octanol–water partition coefficient (Wildman–Crippen LogP) is 3.19. The molecule has 0 fully saturated rings. The second kappa shape index (κ2) is 4.20. The van der Waals surface area contributed by atoms with Gasteiger partial charge in [-0.25, -0.2) is 0 Å². The molecular formula is C8H3BrF3NO3. The van der Waals surface area contributed by atoms with Crippen LogP contribution in [0.5, 0.6) is 0 Å². The van der Waals surface area contributed by atoms with Crippen LogP contribution in [-0.4, -0.2) is 11.2 Å². The molecule has 0 unspecified atom stereocenters. The van der Waals surface area contributed by atoms with E-state index in [1.54, 1.807) is 0 Å². The smallest absolute Gasteiger partial charge is 0.298 e. The van der Waals surface area contributed by atoms with E-state index in [4.69, 9.17) is 0 Å². The van der Waals surface area contributed by atoms with Gasteiger partial charge in [0.05, 0.1) is 15.0 Å². The summed E-state index contributed by atoms with van der Waals surface area (Å²) in [5, 5.41) is 10.5. The molecule has 0 radical (unpaired) electrons. The number of alkyl halides is 3. The van der Waals surface area contributed by atoms with Crippen molar-refractivity contribution in [1.29, 1.82) is 0 Å². The van der Waals surface area contributed by atoms with Gasteiger partial charge in [0.25, 0.3) is 5.69 Å². The fraction of sp³-hybridized carbons (Fsp3) is 0.125. The molecule has 1 rings (SSSR count).